The van der Waals surface area contributed by atoms with Gasteiger partial charge in [-0.2, -0.15) is 0 Å². The minimum absolute atomic E-state index is 0. The summed E-state index contributed by atoms with van der Waals surface area (Å²) in [6.07, 6.45) is 3.16. The van der Waals surface area contributed by atoms with Gasteiger partial charge in [0.1, 0.15) is 33.3 Å². The van der Waals surface area contributed by atoms with E-state index in [1.807, 2.05) is 0 Å². The summed E-state index contributed by atoms with van der Waals surface area (Å²) >= 11 is 2.70. The van der Waals surface area contributed by atoms with Crippen molar-refractivity contribution in [1.82, 2.24) is 19.9 Å². The first-order valence-electron chi connectivity index (χ1n) is 9.37. The maximum Gasteiger partial charge on any atom is 1.00 e. The molecule has 4 rings (SSSR count). The zero-order valence-electron chi connectivity index (χ0n) is 19.7. The Morgan fingerprint density at radius 1 is 0.943 bits per heavy atom. The van der Waals surface area contributed by atoms with Crippen molar-refractivity contribution in [3.05, 3.63) is 58.3 Å². The van der Waals surface area contributed by atoms with Crippen LogP contribution in [0.15, 0.2) is 35.3 Å². The fraction of sp³-hybridized carbons (Fsp3) is 0.190. The summed E-state index contributed by atoms with van der Waals surface area (Å²) in [5.41, 5.74) is 7.48. The van der Waals surface area contributed by atoms with Crippen LogP contribution in [0, 0.1) is 25.5 Å². The van der Waals surface area contributed by atoms with Crippen molar-refractivity contribution in [3.8, 4) is 21.1 Å². The molecule has 0 radical (unpaired) electrons. The quantitative estimate of drug-likeness (QED) is 0.333. The number of rotatable bonds is 3. The summed E-state index contributed by atoms with van der Waals surface area (Å²) in [6.45, 7) is 4.63. The van der Waals surface area contributed by atoms with Crippen LogP contribution in [-0.4, -0.2) is 43.5 Å². The van der Waals surface area contributed by atoms with Crippen molar-refractivity contribution in [1.29, 1.82) is 0 Å². The van der Waals surface area contributed by atoms with E-state index in [1.165, 1.54) is 41.7 Å². The van der Waals surface area contributed by atoms with Gasteiger partial charge >= 0.3 is 29.6 Å². The third-order valence-electron chi connectivity index (χ3n) is 3.87. The van der Waals surface area contributed by atoms with Crippen molar-refractivity contribution in [2.75, 3.05) is 18.2 Å². The van der Waals surface area contributed by atoms with Gasteiger partial charge in [-0.05, 0) is 26.0 Å². The zero-order chi connectivity index (χ0) is 24.5. The Balaban J connectivity index is 0.000000593. The van der Waals surface area contributed by atoms with E-state index in [4.69, 9.17) is 10.8 Å². The van der Waals surface area contributed by atoms with Crippen LogP contribution in [0.1, 0.15) is 18.3 Å². The summed E-state index contributed by atoms with van der Waals surface area (Å²) in [6, 6.07) is 2.80. The molecule has 0 saturated heterocycles. The predicted octanol–water partition coefficient (Wildman–Crippen LogP) is 1.28. The van der Waals surface area contributed by atoms with Gasteiger partial charge in [0, 0.05) is 48.3 Å². The molecule has 182 valence electrons. The van der Waals surface area contributed by atoms with Crippen molar-refractivity contribution >= 4 is 40.2 Å². The number of thiazole rings is 2. The maximum atomic E-state index is 13.3. The number of aromatic nitrogens is 4. The number of nitrogens with zero attached hydrogens (tertiary/aromatic N) is 4. The standard InChI is InChI=1S/C11H10FN3OS.C9H8FN3S.CH4O.Na.H2O/c1-6-9(12)3-8(4-13-6)11-15-10(5-17-11)14-7(2)16;1-5-7(10)2-6(3-12-5)9-13-8(11)4-14-9;1-2;;/h3-5H,1-2H3,(H,14,16);2-4H,11H2,1H3;2H,1H3;;1H2/q;;;+1;/p-1. The average molecular weight is 533 g/mol. The number of aryl methyl sites for hydroxylation is 2. The number of nitrogens with one attached hydrogen (secondary N) is 1. The predicted molar refractivity (Wildman–Crippen MR) is 129 cm³/mol. The SMILES string of the molecule is CC(=O)Nc1csc(-c2cnc(C)c(F)c2)n1.CO.Cc1ncc(-c2nc(N)cs2)cc1F.[Na+].[OH-]. The Morgan fingerprint density at radius 2 is 1.40 bits per heavy atom. The molecule has 0 aromatic carbocycles. The van der Waals surface area contributed by atoms with Crippen LogP contribution in [0.25, 0.3) is 21.1 Å². The Labute approximate surface area is 231 Å². The number of carbonyl (C=O) groups is 1. The molecule has 14 heteroatoms. The van der Waals surface area contributed by atoms with Gasteiger partial charge in [0.25, 0.3) is 0 Å². The number of hydrogen-bond donors (Lipinski definition) is 3. The molecule has 0 aliphatic rings. The van der Waals surface area contributed by atoms with Crippen LogP contribution >= 0.6 is 22.7 Å². The minimum atomic E-state index is -0.362. The molecule has 4 aromatic rings. The van der Waals surface area contributed by atoms with E-state index in [0.29, 0.717) is 44.2 Å². The Morgan fingerprint density at radius 3 is 1.80 bits per heavy atom. The number of hydrogen-bond acceptors (Lipinski definition) is 10. The van der Waals surface area contributed by atoms with Gasteiger partial charge in [-0.15, -0.1) is 22.7 Å². The molecule has 0 unspecified atom stereocenters. The van der Waals surface area contributed by atoms with E-state index in [1.54, 1.807) is 37.0 Å². The fourth-order valence-electron chi connectivity index (χ4n) is 2.31. The van der Waals surface area contributed by atoms with Crippen LogP contribution in [0.5, 0.6) is 0 Å². The Bertz CT molecular complexity index is 1240. The largest absolute Gasteiger partial charge is 1.00 e. The van der Waals surface area contributed by atoms with E-state index in [-0.39, 0.29) is 52.6 Å². The number of aliphatic hydroxyl groups excluding tert-OH is 1. The van der Waals surface area contributed by atoms with Crippen molar-refractivity contribution in [2.45, 2.75) is 20.8 Å². The van der Waals surface area contributed by atoms with Crippen molar-refractivity contribution in [3.63, 3.8) is 0 Å². The fourth-order valence-corrected chi connectivity index (χ4v) is 3.73. The number of nitrogen functional groups attached to an aromatic ring is 1. The van der Waals surface area contributed by atoms with Crippen LogP contribution in [-0.2, 0) is 4.79 Å². The molecular formula is C21H23F2N6NaO3S2. The second kappa shape index (κ2) is 15.6. The van der Waals surface area contributed by atoms with Gasteiger partial charge < -0.3 is 21.6 Å². The molecule has 0 aliphatic heterocycles. The molecule has 0 bridgehead atoms. The average Bonchev–Trinajstić information content (AvgIpc) is 3.43. The van der Waals surface area contributed by atoms with Gasteiger partial charge in [-0.1, -0.05) is 0 Å². The van der Waals surface area contributed by atoms with Crippen LogP contribution in [0.2, 0.25) is 0 Å². The molecule has 4 aromatic heterocycles. The summed E-state index contributed by atoms with van der Waals surface area (Å²) in [5, 5.41) is 14.3. The molecule has 0 aliphatic carbocycles. The van der Waals surface area contributed by atoms with Crippen LogP contribution in [0.4, 0.5) is 20.4 Å². The number of pyridine rings is 2. The minimum Gasteiger partial charge on any atom is -0.870 e. The van der Waals surface area contributed by atoms with E-state index in [2.05, 4.69) is 25.3 Å². The smallest absolute Gasteiger partial charge is 0.870 e. The van der Waals surface area contributed by atoms with Gasteiger partial charge in [0.05, 0.1) is 11.4 Å². The number of amides is 1. The Kier molecular flexibility index (Phi) is 14.5. The maximum absolute atomic E-state index is 13.3. The Hall–Kier alpha value is -2.39. The molecule has 0 spiro atoms. The molecule has 9 nitrogen and oxygen atoms in total. The van der Waals surface area contributed by atoms with Gasteiger partial charge in [-0.25, -0.2) is 18.7 Å². The third kappa shape index (κ3) is 9.64. The van der Waals surface area contributed by atoms with Gasteiger partial charge in [0.15, 0.2) is 0 Å². The van der Waals surface area contributed by atoms with E-state index in [0.717, 1.165) is 7.11 Å². The number of nitrogens with two attached hydrogens (primary N) is 1. The molecule has 5 N–H and O–H groups in total. The molecule has 0 saturated carbocycles. The van der Waals surface area contributed by atoms with Crippen molar-refractivity contribution in [2.24, 2.45) is 0 Å². The van der Waals surface area contributed by atoms with Crippen molar-refractivity contribution < 1.29 is 53.7 Å². The molecule has 4 heterocycles. The number of carbonyl (C=O) groups excluding carboxylic acids is 1. The molecule has 35 heavy (non-hydrogen) atoms. The second-order valence-electron chi connectivity index (χ2n) is 6.38. The summed E-state index contributed by atoms with van der Waals surface area (Å²) in [7, 11) is 1.00. The first-order valence-corrected chi connectivity index (χ1v) is 11.1. The summed E-state index contributed by atoms with van der Waals surface area (Å²) in [5.74, 6) is 0.0505. The monoisotopic (exact) mass is 532 g/mol. The zero-order valence-corrected chi connectivity index (χ0v) is 23.3. The topological polar surface area (TPSA) is 157 Å². The molecule has 0 atom stereocenters. The van der Waals surface area contributed by atoms with Gasteiger partial charge in [0.2, 0.25) is 5.91 Å². The first kappa shape index (κ1) is 32.6. The normalized spacial score (nSPS) is 9.34. The van der Waals surface area contributed by atoms with E-state index in [9.17, 15) is 13.6 Å². The molecular weight excluding hydrogens is 509 g/mol. The van der Waals surface area contributed by atoms with Gasteiger partial charge in [-0.3, -0.25) is 14.8 Å². The molecule has 0 fully saturated rings. The van der Waals surface area contributed by atoms with Crippen LogP contribution < -0.4 is 40.6 Å². The van der Waals surface area contributed by atoms with E-state index >= 15 is 0 Å². The number of aliphatic hydroxyl groups is 1. The summed E-state index contributed by atoms with van der Waals surface area (Å²) in [4.78, 5) is 26.9. The third-order valence-corrected chi connectivity index (χ3v) is 5.68. The summed E-state index contributed by atoms with van der Waals surface area (Å²) < 4.78 is 26.5. The second-order valence-corrected chi connectivity index (χ2v) is 8.10. The van der Waals surface area contributed by atoms with Crippen LogP contribution in [0.3, 0.4) is 0 Å². The molecule has 1 amide bonds. The number of halogens is 2. The van der Waals surface area contributed by atoms with E-state index < -0.39 is 0 Å². The first-order chi connectivity index (χ1) is 15.7. The number of anilines is 2.